The number of azide groups is 2. The lowest BCUT2D eigenvalue weighted by molar-refractivity contribution is 0.155. The first-order chi connectivity index (χ1) is 6.69. The normalized spacial score (nSPS) is 25.0. The van der Waals surface area contributed by atoms with E-state index >= 15 is 0 Å². The topological polar surface area (TPSA) is 138 Å². The van der Waals surface area contributed by atoms with E-state index < -0.39 is 18.2 Å². The average molecular weight is 197 g/mol. The largest absolute Gasteiger partial charge is 0.465 e. The Kier molecular flexibility index (Phi) is 3.01. The zero-order valence-electron chi connectivity index (χ0n) is 7.05. The van der Waals surface area contributed by atoms with Crippen molar-refractivity contribution >= 4 is 6.09 Å². The van der Waals surface area contributed by atoms with Gasteiger partial charge in [0.2, 0.25) is 0 Å². The minimum Gasteiger partial charge on any atom is -0.465 e. The maximum Gasteiger partial charge on any atom is 0.407 e. The molecule has 2 atom stereocenters. The van der Waals surface area contributed by atoms with Gasteiger partial charge in [-0.1, -0.05) is 10.2 Å². The summed E-state index contributed by atoms with van der Waals surface area (Å²) in [4.78, 5) is 16.7. The Bertz CT molecular complexity index is 303. The van der Waals surface area contributed by atoms with Crippen LogP contribution in [0, 0.1) is 0 Å². The molecule has 1 heterocycles. The van der Waals surface area contributed by atoms with Gasteiger partial charge in [0.1, 0.15) is 0 Å². The van der Waals surface area contributed by atoms with Gasteiger partial charge in [-0.05, 0) is 11.1 Å². The molecule has 9 heteroatoms. The molecule has 1 amide bonds. The SMILES string of the molecule is [N-]=[N+]=N[C@@H]1CN(C(=O)O)C[C@H]1N=[N+]=[N-]. The van der Waals surface area contributed by atoms with E-state index in [-0.39, 0.29) is 13.1 Å². The average Bonchev–Trinajstić information content (AvgIpc) is 2.50. The van der Waals surface area contributed by atoms with Crippen LogP contribution in [0.2, 0.25) is 0 Å². The van der Waals surface area contributed by atoms with E-state index in [2.05, 4.69) is 20.1 Å². The molecule has 0 aromatic heterocycles. The number of nitrogens with zero attached hydrogens (tertiary/aromatic N) is 7. The van der Waals surface area contributed by atoms with Gasteiger partial charge in [0.05, 0.1) is 12.1 Å². The van der Waals surface area contributed by atoms with E-state index in [0.717, 1.165) is 4.90 Å². The van der Waals surface area contributed by atoms with Crippen molar-refractivity contribution in [3.63, 3.8) is 0 Å². The lowest BCUT2D eigenvalue weighted by Crippen LogP contribution is -2.27. The monoisotopic (exact) mass is 197 g/mol. The highest BCUT2D eigenvalue weighted by molar-refractivity contribution is 5.65. The molecular weight excluding hydrogens is 190 g/mol. The highest BCUT2D eigenvalue weighted by Crippen LogP contribution is 2.17. The zero-order valence-corrected chi connectivity index (χ0v) is 7.05. The van der Waals surface area contributed by atoms with Crippen LogP contribution in [-0.2, 0) is 0 Å². The fourth-order valence-electron chi connectivity index (χ4n) is 1.29. The van der Waals surface area contributed by atoms with E-state index in [4.69, 9.17) is 16.2 Å². The predicted octanol–water partition coefficient (Wildman–Crippen LogP) is 1.34. The molecule has 0 spiro atoms. The molecule has 14 heavy (non-hydrogen) atoms. The highest BCUT2D eigenvalue weighted by atomic mass is 16.4. The second kappa shape index (κ2) is 4.22. The van der Waals surface area contributed by atoms with E-state index in [1.807, 2.05) is 0 Å². The van der Waals surface area contributed by atoms with Gasteiger partial charge in [-0.25, -0.2) is 4.79 Å². The Morgan fingerprint density at radius 3 is 2.00 bits per heavy atom. The third-order valence-corrected chi connectivity index (χ3v) is 1.93. The molecule has 0 unspecified atom stereocenters. The predicted molar refractivity (Wildman–Crippen MR) is 45.5 cm³/mol. The molecule has 1 rings (SSSR count). The Morgan fingerprint density at radius 2 is 1.71 bits per heavy atom. The van der Waals surface area contributed by atoms with Gasteiger partial charge in [0.25, 0.3) is 0 Å². The van der Waals surface area contributed by atoms with Crippen molar-refractivity contribution in [3.8, 4) is 0 Å². The summed E-state index contributed by atoms with van der Waals surface area (Å²) in [6.45, 7) is 0.145. The van der Waals surface area contributed by atoms with Gasteiger partial charge < -0.3 is 10.0 Å². The molecule has 0 aromatic carbocycles. The number of hydrogen-bond donors (Lipinski definition) is 1. The van der Waals surface area contributed by atoms with Crippen molar-refractivity contribution in [2.45, 2.75) is 12.1 Å². The molecular formula is C5H7N7O2. The molecule has 0 radical (unpaired) electrons. The van der Waals surface area contributed by atoms with E-state index in [1.165, 1.54) is 0 Å². The van der Waals surface area contributed by atoms with E-state index in [9.17, 15) is 4.79 Å². The van der Waals surface area contributed by atoms with Crippen molar-refractivity contribution in [2.24, 2.45) is 10.2 Å². The lowest BCUT2D eigenvalue weighted by atomic mass is 10.2. The third-order valence-electron chi connectivity index (χ3n) is 1.93. The molecule has 0 saturated carbocycles. The van der Waals surface area contributed by atoms with Crippen LogP contribution in [0.25, 0.3) is 20.9 Å². The first-order valence-corrected chi connectivity index (χ1v) is 3.75. The first kappa shape index (κ1) is 9.97. The molecule has 1 N–H and O–H groups in total. The molecule has 0 aromatic rings. The second-order valence-corrected chi connectivity index (χ2v) is 2.73. The van der Waals surface area contributed by atoms with Gasteiger partial charge in [-0.15, -0.1) is 0 Å². The van der Waals surface area contributed by atoms with Crippen LogP contribution >= 0.6 is 0 Å². The second-order valence-electron chi connectivity index (χ2n) is 2.73. The summed E-state index contributed by atoms with van der Waals surface area (Å²) in [6.07, 6.45) is -1.11. The van der Waals surface area contributed by atoms with Crippen molar-refractivity contribution in [2.75, 3.05) is 13.1 Å². The lowest BCUT2D eigenvalue weighted by Gasteiger charge is -2.08. The van der Waals surface area contributed by atoms with Crippen LogP contribution in [0.4, 0.5) is 4.79 Å². The summed E-state index contributed by atoms with van der Waals surface area (Å²) in [5.74, 6) is 0. The van der Waals surface area contributed by atoms with Crippen LogP contribution < -0.4 is 0 Å². The minimum absolute atomic E-state index is 0.0725. The van der Waals surface area contributed by atoms with Crippen molar-refractivity contribution < 1.29 is 9.90 Å². The van der Waals surface area contributed by atoms with E-state index in [0.29, 0.717) is 0 Å². The molecule has 9 nitrogen and oxygen atoms in total. The van der Waals surface area contributed by atoms with Crippen LogP contribution in [0.15, 0.2) is 10.2 Å². The number of carbonyl (C=O) groups is 1. The molecule has 74 valence electrons. The highest BCUT2D eigenvalue weighted by Gasteiger charge is 2.33. The maximum atomic E-state index is 10.6. The Balaban J connectivity index is 2.79. The number of carboxylic acid groups (broad SMARTS) is 1. The fraction of sp³-hybridized carbons (Fsp3) is 0.800. The fourth-order valence-corrected chi connectivity index (χ4v) is 1.29. The Morgan fingerprint density at radius 1 is 1.29 bits per heavy atom. The van der Waals surface area contributed by atoms with Crippen molar-refractivity contribution in [3.05, 3.63) is 20.9 Å². The molecule has 1 aliphatic heterocycles. The molecule has 0 aliphatic carbocycles. The van der Waals surface area contributed by atoms with Crippen LogP contribution in [0.5, 0.6) is 0 Å². The van der Waals surface area contributed by atoms with Crippen molar-refractivity contribution in [1.82, 2.24) is 4.90 Å². The summed E-state index contributed by atoms with van der Waals surface area (Å²) < 4.78 is 0. The zero-order chi connectivity index (χ0) is 10.6. The van der Waals surface area contributed by atoms with Gasteiger partial charge >= 0.3 is 6.09 Å². The molecule has 1 aliphatic rings. The summed E-state index contributed by atoms with van der Waals surface area (Å²) in [5.41, 5.74) is 16.4. The van der Waals surface area contributed by atoms with E-state index in [1.54, 1.807) is 0 Å². The number of rotatable bonds is 2. The summed E-state index contributed by atoms with van der Waals surface area (Å²) in [7, 11) is 0. The Labute approximate surface area is 78.2 Å². The maximum absolute atomic E-state index is 10.6. The molecule has 1 fully saturated rings. The summed E-state index contributed by atoms with van der Waals surface area (Å²) in [5, 5.41) is 15.4. The third kappa shape index (κ3) is 1.98. The minimum atomic E-state index is -1.11. The van der Waals surface area contributed by atoms with Crippen molar-refractivity contribution in [1.29, 1.82) is 0 Å². The summed E-state index contributed by atoms with van der Waals surface area (Å²) in [6, 6.07) is -1.21. The van der Waals surface area contributed by atoms with Gasteiger partial charge in [-0.2, -0.15) is 0 Å². The van der Waals surface area contributed by atoms with Gasteiger partial charge in [0, 0.05) is 22.9 Å². The Hall–Kier alpha value is -2.11. The quantitative estimate of drug-likeness (QED) is 0.405. The van der Waals surface area contributed by atoms with Crippen LogP contribution in [-0.4, -0.2) is 41.3 Å². The molecule has 1 saturated heterocycles. The summed E-state index contributed by atoms with van der Waals surface area (Å²) >= 11 is 0. The molecule has 0 bridgehead atoms. The van der Waals surface area contributed by atoms with Crippen LogP contribution in [0.1, 0.15) is 0 Å². The standard InChI is InChI=1S/C5H7N7O2/c6-10-8-3-1-12(5(13)14)2-4(3)9-11-7/h3-4H,1-2H2,(H,13,14)/t3-,4-/m1/s1. The number of amides is 1. The van der Waals surface area contributed by atoms with Gasteiger partial charge in [0.15, 0.2) is 0 Å². The van der Waals surface area contributed by atoms with Gasteiger partial charge in [-0.3, -0.25) is 0 Å². The number of likely N-dealkylation sites (tertiary alicyclic amines) is 1. The number of hydrogen-bond acceptors (Lipinski definition) is 3. The van der Waals surface area contributed by atoms with Crippen LogP contribution in [0.3, 0.4) is 0 Å². The smallest absolute Gasteiger partial charge is 0.407 e. The first-order valence-electron chi connectivity index (χ1n) is 3.75.